The van der Waals surface area contributed by atoms with Gasteiger partial charge in [0.05, 0.1) is 0 Å². The molecule has 1 aliphatic rings. The maximum Gasteiger partial charge on any atom is 0.254 e. The van der Waals surface area contributed by atoms with E-state index in [-0.39, 0.29) is 12.0 Å². The van der Waals surface area contributed by atoms with Crippen LogP contribution in [0.25, 0.3) is 16.9 Å². The van der Waals surface area contributed by atoms with Crippen molar-refractivity contribution in [2.75, 3.05) is 6.54 Å². The first-order valence-electron chi connectivity index (χ1n) is 8.96. The lowest BCUT2D eigenvalue weighted by Gasteiger charge is -2.34. The van der Waals surface area contributed by atoms with Crippen LogP contribution in [0.3, 0.4) is 0 Å². The number of halogens is 2. The summed E-state index contributed by atoms with van der Waals surface area (Å²) in [5, 5.41) is 10.0. The highest BCUT2D eigenvalue weighted by atomic mass is 19.1. The van der Waals surface area contributed by atoms with Crippen LogP contribution in [0, 0.1) is 11.6 Å². The summed E-state index contributed by atoms with van der Waals surface area (Å²) in [5.74, 6) is -1.37. The summed E-state index contributed by atoms with van der Waals surface area (Å²) in [6, 6.07) is 9.57. The summed E-state index contributed by atoms with van der Waals surface area (Å²) in [6.07, 6.45) is 0.655. The van der Waals surface area contributed by atoms with Gasteiger partial charge in [0, 0.05) is 18.2 Å². The zero-order valence-corrected chi connectivity index (χ0v) is 15.4. The molecule has 27 heavy (non-hydrogen) atoms. The number of hydrogen-bond acceptors (Lipinski definition) is 2. The van der Waals surface area contributed by atoms with E-state index in [1.807, 2.05) is 0 Å². The molecule has 2 aromatic carbocycles. The molecule has 1 fully saturated rings. The van der Waals surface area contributed by atoms with Crippen LogP contribution < -0.4 is 0 Å². The molecule has 2 atom stereocenters. The molecule has 144 valence electrons. The van der Waals surface area contributed by atoms with E-state index in [4.69, 9.17) is 5.73 Å². The van der Waals surface area contributed by atoms with Gasteiger partial charge in [-0.3, -0.25) is 4.79 Å². The predicted octanol–water partition coefficient (Wildman–Crippen LogP) is 3.97. The molecule has 2 N–H and O–H groups in total. The molecule has 2 aromatic rings. The molecule has 2 unspecified atom stereocenters. The Hall–Kier alpha value is -2.31. The Bertz CT molecular complexity index is 848. The summed E-state index contributed by atoms with van der Waals surface area (Å²) in [5.41, 5.74) is 7.79. The van der Waals surface area contributed by atoms with Crippen LogP contribution in [0.1, 0.15) is 25.8 Å². The van der Waals surface area contributed by atoms with Gasteiger partial charge in [0.25, 0.3) is 5.91 Å². The predicted molar refractivity (Wildman–Crippen MR) is 100 cm³/mol. The van der Waals surface area contributed by atoms with Crippen LogP contribution in [0.4, 0.5) is 8.78 Å². The molecular formula is C21H23F2N2O2-. The van der Waals surface area contributed by atoms with E-state index in [0.29, 0.717) is 24.1 Å². The van der Waals surface area contributed by atoms with E-state index in [2.05, 4.69) is 0 Å². The van der Waals surface area contributed by atoms with Gasteiger partial charge in [-0.15, -0.1) is 6.04 Å². The first-order valence-corrected chi connectivity index (χ1v) is 8.96. The lowest BCUT2D eigenvalue weighted by Crippen LogP contribution is -2.49. The molecule has 0 aliphatic carbocycles. The van der Waals surface area contributed by atoms with E-state index in [0.717, 1.165) is 0 Å². The van der Waals surface area contributed by atoms with Gasteiger partial charge in [0.2, 0.25) is 0 Å². The van der Waals surface area contributed by atoms with Crippen LogP contribution in [0.2, 0.25) is 0 Å². The van der Waals surface area contributed by atoms with Crippen LogP contribution >= 0.6 is 0 Å². The number of nitrogens with zero attached hydrogens (tertiary/aromatic N) is 1. The van der Waals surface area contributed by atoms with Crippen molar-refractivity contribution in [1.82, 2.24) is 4.90 Å². The molecule has 4 nitrogen and oxygen atoms in total. The van der Waals surface area contributed by atoms with Crippen LogP contribution in [-0.2, 0) is 11.2 Å². The lowest BCUT2D eigenvalue weighted by molar-refractivity contribution is -0.148. The van der Waals surface area contributed by atoms with E-state index in [9.17, 15) is 14.3 Å². The van der Waals surface area contributed by atoms with Gasteiger partial charge in [-0.2, -0.15) is 0 Å². The van der Waals surface area contributed by atoms with Crippen molar-refractivity contribution in [2.24, 2.45) is 0 Å². The maximum atomic E-state index is 15.1. The van der Waals surface area contributed by atoms with Crippen LogP contribution in [0.5, 0.6) is 0 Å². The maximum absolute atomic E-state index is 15.1. The van der Waals surface area contributed by atoms with E-state index in [1.165, 1.54) is 36.9 Å². The number of hydrogen-bond donors (Lipinski definition) is 1. The van der Waals surface area contributed by atoms with Gasteiger partial charge in [0.1, 0.15) is 17.2 Å². The van der Waals surface area contributed by atoms with Crippen LogP contribution in [0.15, 0.2) is 42.5 Å². The van der Waals surface area contributed by atoms with Gasteiger partial charge >= 0.3 is 0 Å². The van der Waals surface area contributed by atoms with Crippen molar-refractivity contribution < 1.29 is 18.7 Å². The third-order valence-electron chi connectivity index (χ3n) is 4.97. The zero-order chi connectivity index (χ0) is 19.8. The van der Waals surface area contributed by atoms with Gasteiger partial charge in [-0.05, 0) is 49.9 Å². The lowest BCUT2D eigenvalue weighted by atomic mass is 9.95. The molecule has 1 amide bonds. The summed E-state index contributed by atoms with van der Waals surface area (Å²) < 4.78 is 28.6. The van der Waals surface area contributed by atoms with Gasteiger partial charge in [0.15, 0.2) is 0 Å². The van der Waals surface area contributed by atoms with Crippen molar-refractivity contribution >= 4 is 5.91 Å². The van der Waals surface area contributed by atoms with Gasteiger partial charge < -0.3 is 15.7 Å². The molecule has 1 heterocycles. The van der Waals surface area contributed by atoms with Gasteiger partial charge in [-0.1, -0.05) is 30.3 Å². The second-order valence-electron chi connectivity index (χ2n) is 7.51. The smallest absolute Gasteiger partial charge is 0.254 e. The fourth-order valence-electron chi connectivity index (χ4n) is 3.55. The van der Waals surface area contributed by atoms with Crippen molar-refractivity contribution in [3.8, 4) is 11.1 Å². The van der Waals surface area contributed by atoms with E-state index < -0.39 is 35.2 Å². The highest BCUT2D eigenvalue weighted by Gasteiger charge is 2.38. The summed E-state index contributed by atoms with van der Waals surface area (Å²) in [6.45, 7) is 3.19. The molecule has 0 saturated carbocycles. The Labute approximate surface area is 157 Å². The van der Waals surface area contributed by atoms with Crippen molar-refractivity contribution in [1.29, 1.82) is 0 Å². The quantitative estimate of drug-likeness (QED) is 0.881. The Balaban J connectivity index is 1.91. The minimum atomic E-state index is -1.54. The van der Waals surface area contributed by atoms with Crippen molar-refractivity contribution in [3.63, 3.8) is 0 Å². The average Bonchev–Trinajstić information content (AvgIpc) is 2.96. The van der Waals surface area contributed by atoms with Gasteiger partial charge in [-0.25, -0.2) is 8.78 Å². The average molecular weight is 373 g/mol. The summed E-state index contributed by atoms with van der Waals surface area (Å²) in [7, 11) is 0. The normalized spacial score (nSPS) is 20.1. The minimum absolute atomic E-state index is 0.172. The third kappa shape index (κ3) is 4.01. The summed E-state index contributed by atoms with van der Waals surface area (Å²) in [4.78, 5) is 14.0. The monoisotopic (exact) mass is 373 g/mol. The zero-order valence-electron chi connectivity index (χ0n) is 15.4. The number of benzene rings is 2. The molecule has 0 radical (unpaired) electrons. The molecule has 0 bridgehead atoms. The molecule has 0 spiro atoms. The van der Waals surface area contributed by atoms with Crippen molar-refractivity contribution in [2.45, 2.75) is 44.4 Å². The SMILES string of the molecule is CC(C)(O)C(=O)N1CCC([NH-])C1Cc1cccc(-c2cccc(F)c2)c1F. The fraction of sp³-hybridized carbons (Fsp3) is 0.381. The first kappa shape index (κ1) is 19.5. The molecule has 1 saturated heterocycles. The molecule has 0 aromatic heterocycles. The first-order chi connectivity index (χ1) is 12.7. The molecule has 6 heteroatoms. The number of rotatable bonds is 4. The highest BCUT2D eigenvalue weighted by molar-refractivity contribution is 5.84. The number of carbonyl (C=O) groups is 1. The molecule has 3 rings (SSSR count). The number of likely N-dealkylation sites (tertiary alicyclic amines) is 1. The number of aliphatic hydroxyl groups is 1. The number of carbonyl (C=O) groups excluding carboxylic acids is 1. The Morgan fingerprint density at radius 2 is 1.96 bits per heavy atom. The highest BCUT2D eigenvalue weighted by Crippen LogP contribution is 2.30. The number of nitrogens with one attached hydrogen (secondary N) is 1. The topological polar surface area (TPSA) is 64.3 Å². The van der Waals surface area contributed by atoms with Crippen LogP contribution in [-0.4, -0.2) is 40.1 Å². The summed E-state index contributed by atoms with van der Waals surface area (Å²) >= 11 is 0. The molecule has 1 aliphatic heterocycles. The van der Waals surface area contributed by atoms with E-state index in [1.54, 1.807) is 24.3 Å². The number of amides is 1. The fourth-order valence-corrected chi connectivity index (χ4v) is 3.55. The standard InChI is InChI=1S/C21H23F2N2O2/c1-21(2,27)20(26)25-10-9-17(24)18(25)12-14-6-4-8-16(19(14)23)13-5-3-7-15(22)11-13/h3-8,11,17-18,24,27H,9-10,12H2,1-2H3/q-1. The minimum Gasteiger partial charge on any atom is -0.673 e. The molecular weight excluding hydrogens is 350 g/mol. The Morgan fingerprint density at radius 1 is 1.26 bits per heavy atom. The Morgan fingerprint density at radius 3 is 2.63 bits per heavy atom. The van der Waals surface area contributed by atoms with Crippen molar-refractivity contribution in [3.05, 3.63) is 65.4 Å². The second-order valence-corrected chi connectivity index (χ2v) is 7.51. The van der Waals surface area contributed by atoms with E-state index >= 15 is 4.39 Å². The Kier molecular flexibility index (Phi) is 5.31. The third-order valence-corrected chi connectivity index (χ3v) is 4.97. The largest absolute Gasteiger partial charge is 0.673 e. The second kappa shape index (κ2) is 7.37.